The number of amides is 3. The van der Waals surface area contributed by atoms with E-state index in [1.165, 1.54) is 4.90 Å². The second kappa shape index (κ2) is 11.4. The van der Waals surface area contributed by atoms with E-state index in [9.17, 15) is 33.0 Å². The largest absolute Gasteiger partial charge is 0.416 e. The molecule has 2 aliphatic heterocycles. The summed E-state index contributed by atoms with van der Waals surface area (Å²) in [7, 11) is 1.58. The van der Waals surface area contributed by atoms with Gasteiger partial charge in [-0.25, -0.2) is 4.79 Å². The van der Waals surface area contributed by atoms with E-state index in [0.29, 0.717) is 24.0 Å². The Morgan fingerprint density at radius 3 is 2.45 bits per heavy atom. The maximum atomic E-state index is 14.1. The predicted molar refractivity (Wildman–Crippen MR) is 141 cm³/mol. The van der Waals surface area contributed by atoms with Gasteiger partial charge in [0.1, 0.15) is 0 Å². The van der Waals surface area contributed by atoms with E-state index in [-0.39, 0.29) is 51.1 Å². The third-order valence-electron chi connectivity index (χ3n) is 8.73. The molecule has 0 radical (unpaired) electrons. The van der Waals surface area contributed by atoms with Crippen molar-refractivity contribution in [3.63, 3.8) is 0 Å². The van der Waals surface area contributed by atoms with Crippen molar-refractivity contribution in [3.8, 4) is 0 Å². The Labute approximate surface area is 231 Å². The first-order chi connectivity index (χ1) is 18.9. The zero-order chi connectivity index (χ0) is 29.4. The average Bonchev–Trinajstić information content (AvgIpc) is 3.46. The van der Waals surface area contributed by atoms with Crippen LogP contribution in [0.4, 0.5) is 18.0 Å². The van der Waals surface area contributed by atoms with E-state index in [1.807, 2.05) is 6.92 Å². The van der Waals surface area contributed by atoms with E-state index in [0.717, 1.165) is 23.4 Å². The first-order valence-electron chi connectivity index (χ1n) is 13.7. The number of fused-ring (bicyclic) bond motifs is 1. The molecule has 3 heterocycles. The number of alkyl halides is 3. The normalized spacial score (nSPS) is 21.5. The number of benzene rings is 1. The molecule has 0 unspecified atom stereocenters. The number of aromatic nitrogens is 2. The maximum absolute atomic E-state index is 14.1. The van der Waals surface area contributed by atoms with Crippen LogP contribution in [0.3, 0.4) is 0 Å². The Bertz CT molecular complexity index is 1230. The third kappa shape index (κ3) is 5.30. The maximum Gasteiger partial charge on any atom is 0.416 e. The van der Waals surface area contributed by atoms with Gasteiger partial charge >= 0.3 is 12.2 Å². The molecule has 1 aromatic heterocycles. The second-order valence-electron chi connectivity index (χ2n) is 11.0. The zero-order valence-corrected chi connectivity index (χ0v) is 23.3. The molecule has 3 N–H and O–H groups in total. The lowest BCUT2D eigenvalue weighted by molar-refractivity contribution is -0.140. The van der Waals surface area contributed by atoms with Crippen LogP contribution in [0.25, 0.3) is 0 Å². The number of nitrogens with one attached hydrogen (secondary N) is 1. The molecule has 4 rings (SSSR count). The highest BCUT2D eigenvalue weighted by atomic mass is 19.4. The Balaban J connectivity index is 1.69. The van der Waals surface area contributed by atoms with Crippen molar-refractivity contribution in [3.05, 3.63) is 52.3 Å². The van der Waals surface area contributed by atoms with Crippen molar-refractivity contribution in [2.75, 3.05) is 33.4 Å². The SMILES string of the molecule is CCc1cc([C@@H](C)N(C)C(=O)N2CCN3C(=O)C(CCO)(CCO)C[C@H]3[C@@H]2c2cn[nH]c2C)cc(C(F)(F)F)c1. The summed E-state index contributed by atoms with van der Waals surface area (Å²) in [6.07, 6.45) is -1.69. The molecule has 3 atom stereocenters. The van der Waals surface area contributed by atoms with Crippen molar-refractivity contribution < 1.29 is 33.0 Å². The van der Waals surface area contributed by atoms with E-state index in [2.05, 4.69) is 10.2 Å². The van der Waals surface area contributed by atoms with E-state index >= 15 is 0 Å². The number of nitrogens with zero attached hydrogens (tertiary/aromatic N) is 4. The highest BCUT2D eigenvalue weighted by molar-refractivity contribution is 5.86. The number of hydrogen-bond donors (Lipinski definition) is 3. The molecule has 1 aromatic carbocycles. The van der Waals surface area contributed by atoms with E-state index in [1.54, 1.807) is 43.0 Å². The fourth-order valence-corrected chi connectivity index (χ4v) is 6.30. The van der Waals surface area contributed by atoms with Gasteiger partial charge in [-0.2, -0.15) is 18.3 Å². The summed E-state index contributed by atoms with van der Waals surface area (Å²) in [5.74, 6) is -0.142. The number of aromatic amines is 1. The molecule has 2 aliphatic rings. The average molecular weight is 566 g/mol. The zero-order valence-electron chi connectivity index (χ0n) is 23.3. The number of urea groups is 1. The third-order valence-corrected chi connectivity index (χ3v) is 8.73. The van der Waals surface area contributed by atoms with Crippen LogP contribution in [-0.4, -0.2) is 86.4 Å². The standard InChI is InChI=1S/C28H38F3N5O4/c1-5-19-12-20(14-21(13-19)28(29,30)31)18(3)34(4)26(40)36-9-8-35-23(24(36)22-16-32-33-17(22)2)15-27(6-10-37,7-11-38)25(35)39/h12-14,16,18,23-24,37-38H,5-11,15H2,1-4H3,(H,32,33)/t18-,23+,24+/m1/s1. The molecule has 40 heavy (non-hydrogen) atoms. The van der Waals surface area contributed by atoms with Crippen LogP contribution in [-0.2, 0) is 17.4 Å². The van der Waals surface area contributed by atoms with Gasteiger partial charge in [0, 0.05) is 44.6 Å². The molecule has 0 aliphatic carbocycles. The minimum atomic E-state index is -4.51. The molecular formula is C28H38F3N5O4. The number of piperazine rings is 1. The summed E-state index contributed by atoms with van der Waals surface area (Å²) < 4.78 is 40.8. The molecule has 0 saturated carbocycles. The van der Waals surface area contributed by atoms with Gasteiger partial charge < -0.3 is 24.9 Å². The highest BCUT2D eigenvalue weighted by Gasteiger charge is 2.56. The molecule has 2 aromatic rings. The molecular weight excluding hydrogens is 527 g/mol. The van der Waals surface area contributed by atoms with Crippen molar-refractivity contribution in [1.29, 1.82) is 0 Å². The number of H-pyrrole nitrogens is 1. The van der Waals surface area contributed by atoms with Crippen molar-refractivity contribution in [2.24, 2.45) is 5.41 Å². The second-order valence-corrected chi connectivity index (χ2v) is 11.0. The summed E-state index contributed by atoms with van der Waals surface area (Å²) >= 11 is 0. The van der Waals surface area contributed by atoms with Crippen LogP contribution in [0.15, 0.2) is 24.4 Å². The monoisotopic (exact) mass is 565 g/mol. The van der Waals surface area contributed by atoms with Gasteiger partial charge in [0.25, 0.3) is 0 Å². The van der Waals surface area contributed by atoms with Crippen molar-refractivity contribution >= 4 is 11.9 Å². The minimum absolute atomic E-state index is 0.142. The minimum Gasteiger partial charge on any atom is -0.396 e. The summed E-state index contributed by atoms with van der Waals surface area (Å²) in [5, 5.41) is 26.5. The fraction of sp³-hybridized carbons (Fsp3) is 0.607. The number of aliphatic hydroxyl groups excluding tert-OH is 2. The van der Waals surface area contributed by atoms with Gasteiger partial charge in [0.05, 0.1) is 35.3 Å². The summed E-state index contributed by atoms with van der Waals surface area (Å²) in [4.78, 5) is 32.5. The number of halogens is 3. The van der Waals surface area contributed by atoms with Gasteiger partial charge in [0.15, 0.2) is 0 Å². The van der Waals surface area contributed by atoms with Crippen LogP contribution < -0.4 is 0 Å². The number of hydrogen-bond acceptors (Lipinski definition) is 5. The lowest BCUT2D eigenvalue weighted by Gasteiger charge is -2.46. The number of carbonyl (C=O) groups is 2. The van der Waals surface area contributed by atoms with Crippen LogP contribution in [0.2, 0.25) is 0 Å². The first-order valence-corrected chi connectivity index (χ1v) is 13.7. The first kappa shape index (κ1) is 29.9. The van der Waals surface area contributed by atoms with Crippen molar-refractivity contribution in [1.82, 2.24) is 24.9 Å². The quantitative estimate of drug-likeness (QED) is 0.451. The van der Waals surface area contributed by atoms with E-state index in [4.69, 9.17) is 0 Å². The molecule has 2 saturated heterocycles. The number of aryl methyl sites for hydroxylation is 2. The molecule has 9 nitrogen and oxygen atoms in total. The Hall–Kier alpha value is -3.12. The summed E-state index contributed by atoms with van der Waals surface area (Å²) in [6.45, 7) is 5.39. The molecule has 220 valence electrons. The number of rotatable bonds is 8. The van der Waals surface area contributed by atoms with Gasteiger partial charge in [0.2, 0.25) is 5.91 Å². The van der Waals surface area contributed by atoms with Gasteiger partial charge in [-0.15, -0.1) is 0 Å². The topological polar surface area (TPSA) is 113 Å². The smallest absolute Gasteiger partial charge is 0.396 e. The van der Waals surface area contributed by atoms with Crippen molar-refractivity contribution in [2.45, 2.75) is 70.8 Å². The summed E-state index contributed by atoms with van der Waals surface area (Å²) in [5.41, 5.74) is 0.721. The fourth-order valence-electron chi connectivity index (χ4n) is 6.30. The molecule has 0 bridgehead atoms. The van der Waals surface area contributed by atoms with E-state index < -0.39 is 35.3 Å². The van der Waals surface area contributed by atoms with Crippen LogP contribution in [0.5, 0.6) is 0 Å². The predicted octanol–water partition coefficient (Wildman–Crippen LogP) is 3.82. The Morgan fingerprint density at radius 1 is 1.23 bits per heavy atom. The molecule has 2 fully saturated rings. The molecule has 0 spiro atoms. The molecule has 3 amide bonds. The Morgan fingerprint density at radius 2 is 1.90 bits per heavy atom. The highest BCUT2D eigenvalue weighted by Crippen LogP contribution is 2.49. The van der Waals surface area contributed by atoms with Crippen LogP contribution in [0, 0.1) is 12.3 Å². The van der Waals surface area contributed by atoms with Crippen LogP contribution >= 0.6 is 0 Å². The number of carbonyl (C=O) groups excluding carboxylic acids is 2. The molecule has 12 heteroatoms. The Kier molecular flexibility index (Phi) is 8.51. The van der Waals surface area contributed by atoms with Gasteiger partial charge in [-0.1, -0.05) is 13.0 Å². The van der Waals surface area contributed by atoms with Gasteiger partial charge in [-0.05, 0) is 62.8 Å². The summed E-state index contributed by atoms with van der Waals surface area (Å²) in [6, 6.07) is 1.93. The number of aliphatic hydroxyl groups is 2. The van der Waals surface area contributed by atoms with Gasteiger partial charge in [-0.3, -0.25) is 9.89 Å². The lowest BCUT2D eigenvalue weighted by Crippen LogP contribution is -2.57. The van der Waals surface area contributed by atoms with Crippen LogP contribution in [0.1, 0.15) is 73.1 Å². The lowest BCUT2D eigenvalue weighted by atomic mass is 9.77.